The van der Waals surface area contributed by atoms with Gasteiger partial charge in [0.15, 0.2) is 0 Å². The molecule has 5 fully saturated rings. The van der Waals surface area contributed by atoms with Crippen molar-refractivity contribution >= 4 is 0 Å². The van der Waals surface area contributed by atoms with E-state index in [-0.39, 0.29) is 0 Å². The van der Waals surface area contributed by atoms with Crippen LogP contribution in [0.4, 0.5) is 0 Å². The molecule has 5 aliphatic rings. The van der Waals surface area contributed by atoms with E-state index in [9.17, 15) is 0 Å². The minimum atomic E-state index is 0.412. The Hall–Kier alpha value is -0.0400. The summed E-state index contributed by atoms with van der Waals surface area (Å²) in [6, 6.07) is 0. The maximum Gasteiger partial charge on any atom is 0.0923 e. The average Bonchev–Trinajstić information content (AvgIpc) is 2.52. The first-order valence-corrected chi connectivity index (χ1v) is 7.43. The Bertz CT molecular complexity index is 289. The molecule has 3 N–H and O–H groups in total. The SMILES string of the molecule is CC1([NH3+])CCC2(C1)C1CC3CC(C1)CC2C3. The van der Waals surface area contributed by atoms with Gasteiger partial charge in [-0.15, -0.1) is 0 Å². The van der Waals surface area contributed by atoms with E-state index >= 15 is 0 Å². The molecule has 0 aromatic heterocycles. The van der Waals surface area contributed by atoms with Crippen LogP contribution in [0, 0.1) is 29.1 Å². The molecule has 1 atom stereocenters. The second-order valence-corrected chi connectivity index (χ2v) is 8.03. The van der Waals surface area contributed by atoms with Gasteiger partial charge in [-0.05, 0) is 74.5 Å². The Labute approximate surface area is 99.2 Å². The smallest absolute Gasteiger partial charge is 0.0923 e. The van der Waals surface area contributed by atoms with E-state index in [1.807, 2.05) is 0 Å². The van der Waals surface area contributed by atoms with E-state index in [2.05, 4.69) is 12.7 Å². The molecule has 1 unspecified atom stereocenters. The van der Waals surface area contributed by atoms with Gasteiger partial charge in [-0.1, -0.05) is 0 Å². The first kappa shape index (κ1) is 9.94. The number of hydrogen-bond acceptors (Lipinski definition) is 0. The monoisotopic (exact) mass is 220 g/mol. The van der Waals surface area contributed by atoms with Gasteiger partial charge in [-0.3, -0.25) is 0 Å². The molecule has 5 saturated carbocycles. The summed E-state index contributed by atoms with van der Waals surface area (Å²) >= 11 is 0. The van der Waals surface area contributed by atoms with Crippen LogP contribution in [0.3, 0.4) is 0 Å². The van der Waals surface area contributed by atoms with Crippen LogP contribution in [0.2, 0.25) is 0 Å². The van der Waals surface area contributed by atoms with Gasteiger partial charge in [0, 0.05) is 12.8 Å². The second-order valence-electron chi connectivity index (χ2n) is 8.03. The van der Waals surface area contributed by atoms with E-state index in [1.54, 1.807) is 32.1 Å². The van der Waals surface area contributed by atoms with Crippen LogP contribution < -0.4 is 5.73 Å². The Balaban J connectivity index is 1.70. The summed E-state index contributed by atoms with van der Waals surface area (Å²) in [5.74, 6) is 4.47. The van der Waals surface area contributed by atoms with Gasteiger partial charge in [0.25, 0.3) is 0 Å². The van der Waals surface area contributed by atoms with Crippen LogP contribution in [0.15, 0.2) is 0 Å². The van der Waals surface area contributed by atoms with Crippen molar-refractivity contribution in [3.8, 4) is 0 Å². The molecule has 5 rings (SSSR count). The highest BCUT2D eigenvalue weighted by atomic mass is 14.8. The molecule has 0 aliphatic heterocycles. The lowest BCUT2D eigenvalue weighted by Gasteiger charge is -2.60. The van der Waals surface area contributed by atoms with Crippen LogP contribution in [-0.4, -0.2) is 5.54 Å². The van der Waals surface area contributed by atoms with E-state index in [4.69, 9.17) is 0 Å². The Morgan fingerprint density at radius 2 is 1.44 bits per heavy atom. The van der Waals surface area contributed by atoms with Gasteiger partial charge in [-0.25, -0.2) is 0 Å². The van der Waals surface area contributed by atoms with Gasteiger partial charge in [0.2, 0.25) is 0 Å². The molecule has 5 aliphatic carbocycles. The zero-order chi connectivity index (χ0) is 11.0. The molecule has 1 spiro atoms. The average molecular weight is 220 g/mol. The summed E-state index contributed by atoms with van der Waals surface area (Å²) in [5, 5.41) is 0. The van der Waals surface area contributed by atoms with Crippen molar-refractivity contribution in [3.63, 3.8) is 0 Å². The summed E-state index contributed by atoms with van der Waals surface area (Å²) in [5.41, 5.74) is 5.66. The fourth-order valence-electron chi connectivity index (χ4n) is 6.33. The van der Waals surface area contributed by atoms with Crippen LogP contribution >= 0.6 is 0 Å². The molecule has 0 saturated heterocycles. The zero-order valence-electron chi connectivity index (χ0n) is 10.7. The highest BCUT2D eigenvalue weighted by Gasteiger charge is 2.61. The molecule has 0 heterocycles. The fourth-order valence-corrected chi connectivity index (χ4v) is 6.33. The van der Waals surface area contributed by atoms with Gasteiger partial charge in [-0.2, -0.15) is 0 Å². The molecular weight excluding hydrogens is 194 g/mol. The lowest BCUT2D eigenvalue weighted by atomic mass is 9.44. The van der Waals surface area contributed by atoms with Crippen LogP contribution in [0.1, 0.15) is 58.3 Å². The summed E-state index contributed by atoms with van der Waals surface area (Å²) in [6.07, 6.45) is 12.3. The third-order valence-corrected chi connectivity index (χ3v) is 6.71. The molecule has 0 radical (unpaired) electrons. The predicted molar refractivity (Wildman–Crippen MR) is 64.6 cm³/mol. The van der Waals surface area contributed by atoms with Crippen molar-refractivity contribution in [3.05, 3.63) is 0 Å². The van der Waals surface area contributed by atoms with Crippen molar-refractivity contribution in [2.45, 2.75) is 63.8 Å². The molecular formula is C15H26N+. The van der Waals surface area contributed by atoms with Gasteiger partial charge >= 0.3 is 0 Å². The summed E-state index contributed by atoms with van der Waals surface area (Å²) in [6.45, 7) is 2.41. The predicted octanol–water partition coefficient (Wildman–Crippen LogP) is 2.61. The maximum atomic E-state index is 4.48. The van der Waals surface area contributed by atoms with E-state index in [0.717, 1.165) is 29.1 Å². The molecule has 1 nitrogen and oxygen atoms in total. The van der Waals surface area contributed by atoms with Crippen LogP contribution in [0.5, 0.6) is 0 Å². The molecule has 1 heteroatoms. The van der Waals surface area contributed by atoms with E-state index in [1.165, 1.54) is 19.3 Å². The summed E-state index contributed by atoms with van der Waals surface area (Å²) in [4.78, 5) is 0. The first-order chi connectivity index (χ1) is 7.57. The third-order valence-electron chi connectivity index (χ3n) is 6.71. The largest absolute Gasteiger partial charge is 0.353 e. The Kier molecular flexibility index (Phi) is 1.77. The van der Waals surface area contributed by atoms with E-state index in [0.29, 0.717) is 5.54 Å². The van der Waals surface area contributed by atoms with Crippen molar-refractivity contribution in [2.24, 2.45) is 29.1 Å². The first-order valence-electron chi connectivity index (χ1n) is 7.43. The van der Waals surface area contributed by atoms with Crippen molar-refractivity contribution in [1.29, 1.82) is 0 Å². The fraction of sp³-hybridized carbons (Fsp3) is 1.00. The lowest BCUT2D eigenvalue weighted by molar-refractivity contribution is -0.472. The highest BCUT2D eigenvalue weighted by molar-refractivity contribution is 5.10. The number of hydrogen-bond donors (Lipinski definition) is 1. The zero-order valence-corrected chi connectivity index (χ0v) is 10.7. The molecule has 0 amide bonds. The normalized spacial score (nSPS) is 63.4. The van der Waals surface area contributed by atoms with Gasteiger partial charge in [0.05, 0.1) is 5.54 Å². The standard InChI is InChI=1S/C15H25N/c1-14(16)2-3-15(9-14)12-5-10-4-11(7-12)8-13(15)6-10/h10-13H,2-9,16H2,1H3/p+1. The quantitative estimate of drug-likeness (QED) is 0.650. The van der Waals surface area contributed by atoms with Gasteiger partial charge < -0.3 is 5.73 Å². The number of quaternary nitrogens is 1. The second kappa shape index (κ2) is 2.85. The summed E-state index contributed by atoms with van der Waals surface area (Å²) in [7, 11) is 0. The minimum absolute atomic E-state index is 0.412. The van der Waals surface area contributed by atoms with E-state index < -0.39 is 0 Å². The van der Waals surface area contributed by atoms with Crippen molar-refractivity contribution in [2.75, 3.05) is 0 Å². The third kappa shape index (κ3) is 1.16. The number of rotatable bonds is 0. The Morgan fingerprint density at radius 1 is 0.875 bits per heavy atom. The van der Waals surface area contributed by atoms with Gasteiger partial charge in [0.1, 0.15) is 0 Å². The lowest BCUT2D eigenvalue weighted by Crippen LogP contribution is -2.70. The topological polar surface area (TPSA) is 27.6 Å². The molecule has 16 heavy (non-hydrogen) atoms. The minimum Gasteiger partial charge on any atom is -0.353 e. The maximum absolute atomic E-state index is 4.48. The highest BCUT2D eigenvalue weighted by Crippen LogP contribution is 2.68. The molecule has 0 aromatic rings. The molecule has 4 bridgehead atoms. The molecule has 90 valence electrons. The van der Waals surface area contributed by atoms with Crippen molar-refractivity contribution < 1.29 is 5.73 Å². The van der Waals surface area contributed by atoms with Crippen LogP contribution in [0.25, 0.3) is 0 Å². The van der Waals surface area contributed by atoms with Crippen LogP contribution in [-0.2, 0) is 0 Å². The summed E-state index contributed by atoms with van der Waals surface area (Å²) < 4.78 is 0. The van der Waals surface area contributed by atoms with Crippen molar-refractivity contribution in [1.82, 2.24) is 0 Å². The molecule has 0 aromatic carbocycles. The Morgan fingerprint density at radius 3 is 1.88 bits per heavy atom.